The molecule has 4 rings (SSSR count). The van der Waals surface area contributed by atoms with Gasteiger partial charge in [0.05, 0.1) is 17.7 Å². The van der Waals surface area contributed by atoms with Gasteiger partial charge in [0.1, 0.15) is 17.1 Å². The summed E-state index contributed by atoms with van der Waals surface area (Å²) >= 11 is 0. The van der Waals surface area contributed by atoms with Gasteiger partial charge >= 0.3 is 5.97 Å². The molecule has 1 amide bonds. The van der Waals surface area contributed by atoms with Gasteiger partial charge in [0.15, 0.2) is 16.4 Å². The first-order valence-corrected chi connectivity index (χ1v) is 13.1. The van der Waals surface area contributed by atoms with Gasteiger partial charge < -0.3 is 14.4 Å². The minimum atomic E-state index is -3.15. The van der Waals surface area contributed by atoms with Gasteiger partial charge in [0.2, 0.25) is 0 Å². The zero-order chi connectivity index (χ0) is 23.3. The van der Waals surface area contributed by atoms with Crippen LogP contribution in [0.4, 0.5) is 0 Å². The maximum Gasteiger partial charge on any atom is 0.342 e. The minimum Gasteiger partial charge on any atom is -0.455 e. The first kappa shape index (κ1) is 23.2. The molecule has 1 aromatic heterocycles. The van der Waals surface area contributed by atoms with E-state index in [0.717, 1.165) is 32.1 Å². The molecule has 0 N–H and O–H groups in total. The minimum absolute atomic E-state index is 0.00977. The van der Waals surface area contributed by atoms with Crippen molar-refractivity contribution in [1.82, 2.24) is 9.88 Å². The van der Waals surface area contributed by atoms with Crippen molar-refractivity contribution in [3.05, 3.63) is 54.4 Å². The van der Waals surface area contributed by atoms with Crippen LogP contribution in [0.1, 0.15) is 48.9 Å². The van der Waals surface area contributed by atoms with E-state index in [2.05, 4.69) is 4.98 Å². The van der Waals surface area contributed by atoms with Gasteiger partial charge in [0.25, 0.3) is 5.91 Å². The Labute approximate surface area is 193 Å². The average Bonchev–Trinajstić information content (AvgIpc) is 3.18. The molecular formula is C24H28N2O6S. The summed E-state index contributed by atoms with van der Waals surface area (Å²) < 4.78 is 35.2. The molecule has 0 spiro atoms. The Hall–Kier alpha value is -2.94. The second kappa shape index (κ2) is 10.3. The van der Waals surface area contributed by atoms with Gasteiger partial charge in [-0.25, -0.2) is 13.2 Å². The molecule has 176 valence electrons. The highest BCUT2D eigenvalue weighted by atomic mass is 32.2. The second-order valence-corrected chi connectivity index (χ2v) is 10.7. The third kappa shape index (κ3) is 5.90. The molecule has 1 aliphatic heterocycles. The van der Waals surface area contributed by atoms with Crippen LogP contribution in [-0.2, 0) is 19.4 Å². The number of esters is 1. The lowest BCUT2D eigenvalue weighted by Crippen LogP contribution is -2.50. The standard InChI is InChI=1S/C24H28N2O6S/c27-23(26(18-7-2-1-3-8-18)19-12-14-33(29,30)17-19)16-31-24(28)21-10-4-5-11-22(21)32-20-9-6-13-25-15-20/h4-6,9-11,13,15,18-19H,1-3,7-8,12,14,16-17H2. The predicted octanol–water partition coefficient (Wildman–Crippen LogP) is 3.38. The van der Waals surface area contributed by atoms with E-state index in [0.29, 0.717) is 17.9 Å². The van der Waals surface area contributed by atoms with Crippen LogP contribution in [0, 0.1) is 0 Å². The number of carbonyl (C=O) groups excluding carboxylic acids is 2. The van der Waals surface area contributed by atoms with E-state index in [1.54, 1.807) is 47.5 Å². The Morgan fingerprint density at radius 1 is 1.00 bits per heavy atom. The van der Waals surface area contributed by atoms with E-state index in [4.69, 9.17) is 9.47 Å². The van der Waals surface area contributed by atoms with Crippen molar-refractivity contribution in [1.29, 1.82) is 0 Å². The smallest absolute Gasteiger partial charge is 0.342 e. The Morgan fingerprint density at radius 2 is 1.79 bits per heavy atom. The maximum absolute atomic E-state index is 13.2. The van der Waals surface area contributed by atoms with Gasteiger partial charge in [-0.15, -0.1) is 0 Å². The van der Waals surface area contributed by atoms with Crippen molar-refractivity contribution in [2.45, 2.75) is 50.6 Å². The van der Waals surface area contributed by atoms with Gasteiger partial charge in [0, 0.05) is 18.3 Å². The molecule has 2 heterocycles. The monoisotopic (exact) mass is 472 g/mol. The highest BCUT2D eigenvalue weighted by molar-refractivity contribution is 7.91. The molecule has 8 nitrogen and oxygen atoms in total. The summed E-state index contributed by atoms with van der Waals surface area (Å²) in [6.45, 7) is -0.437. The molecule has 0 bridgehead atoms. The lowest BCUT2D eigenvalue weighted by atomic mass is 9.93. The molecule has 33 heavy (non-hydrogen) atoms. The second-order valence-electron chi connectivity index (χ2n) is 8.51. The molecule has 1 aliphatic carbocycles. The summed E-state index contributed by atoms with van der Waals surface area (Å²) in [5, 5.41) is 0. The summed E-state index contributed by atoms with van der Waals surface area (Å²) in [6.07, 6.45) is 8.40. The summed E-state index contributed by atoms with van der Waals surface area (Å²) in [6, 6.07) is 9.71. The molecule has 9 heteroatoms. The zero-order valence-corrected chi connectivity index (χ0v) is 19.2. The van der Waals surface area contributed by atoms with Crippen molar-refractivity contribution in [2.24, 2.45) is 0 Å². The Kier molecular flexibility index (Phi) is 7.27. The van der Waals surface area contributed by atoms with Crippen LogP contribution in [0.25, 0.3) is 0 Å². The average molecular weight is 473 g/mol. The quantitative estimate of drug-likeness (QED) is 0.569. The summed E-state index contributed by atoms with van der Waals surface area (Å²) in [5.74, 6) is -0.181. The molecule has 1 saturated carbocycles. The topological polar surface area (TPSA) is 103 Å². The lowest BCUT2D eigenvalue weighted by molar-refractivity contribution is -0.140. The first-order valence-electron chi connectivity index (χ1n) is 11.3. The molecule has 0 radical (unpaired) electrons. The van der Waals surface area contributed by atoms with Crippen LogP contribution in [0.5, 0.6) is 11.5 Å². The summed E-state index contributed by atoms with van der Waals surface area (Å²) in [7, 11) is -3.15. The van der Waals surface area contributed by atoms with Crippen molar-refractivity contribution in [2.75, 3.05) is 18.1 Å². The molecule has 1 atom stereocenters. The molecule has 1 saturated heterocycles. The number of sulfone groups is 1. The number of ether oxygens (including phenoxy) is 2. The van der Waals surface area contributed by atoms with Crippen LogP contribution < -0.4 is 4.74 Å². The van der Waals surface area contributed by atoms with Crippen LogP contribution in [0.15, 0.2) is 48.8 Å². The lowest BCUT2D eigenvalue weighted by Gasteiger charge is -2.38. The number of rotatable bonds is 7. The Balaban J connectivity index is 1.45. The molecule has 2 aliphatic rings. The van der Waals surface area contributed by atoms with Crippen LogP contribution in [0.3, 0.4) is 0 Å². The van der Waals surface area contributed by atoms with Crippen molar-refractivity contribution >= 4 is 21.7 Å². The van der Waals surface area contributed by atoms with E-state index in [-0.39, 0.29) is 35.1 Å². The van der Waals surface area contributed by atoms with Gasteiger partial charge in [-0.1, -0.05) is 31.4 Å². The predicted molar refractivity (Wildman–Crippen MR) is 122 cm³/mol. The van der Waals surface area contributed by atoms with E-state index in [1.165, 1.54) is 6.20 Å². The third-order valence-electron chi connectivity index (χ3n) is 6.15. The molecule has 2 aromatic rings. The number of benzene rings is 1. The van der Waals surface area contributed by atoms with Crippen molar-refractivity contribution in [3.63, 3.8) is 0 Å². The molecular weight excluding hydrogens is 444 g/mol. The van der Waals surface area contributed by atoms with Gasteiger partial charge in [-0.05, 0) is 43.5 Å². The molecule has 1 unspecified atom stereocenters. The van der Waals surface area contributed by atoms with Crippen molar-refractivity contribution < 1.29 is 27.5 Å². The fourth-order valence-electron chi connectivity index (χ4n) is 4.60. The highest BCUT2D eigenvalue weighted by Gasteiger charge is 2.38. The number of amides is 1. The fourth-order valence-corrected chi connectivity index (χ4v) is 6.31. The zero-order valence-electron chi connectivity index (χ0n) is 18.4. The fraction of sp³-hybridized carbons (Fsp3) is 0.458. The number of hydrogen-bond acceptors (Lipinski definition) is 7. The van der Waals surface area contributed by atoms with E-state index < -0.39 is 22.4 Å². The SMILES string of the molecule is O=C(OCC(=O)N(C1CCCCC1)C1CCS(=O)(=O)C1)c1ccccc1Oc1cccnc1. The molecule has 2 fully saturated rings. The van der Waals surface area contributed by atoms with Gasteiger partial charge in [-0.3, -0.25) is 9.78 Å². The number of nitrogens with zero attached hydrogens (tertiary/aromatic N) is 2. The summed E-state index contributed by atoms with van der Waals surface area (Å²) in [5.41, 5.74) is 0.196. The van der Waals surface area contributed by atoms with Crippen molar-refractivity contribution in [3.8, 4) is 11.5 Å². The summed E-state index contributed by atoms with van der Waals surface area (Å²) in [4.78, 5) is 31.6. The Bertz CT molecular complexity index is 1080. The Morgan fingerprint density at radius 3 is 2.48 bits per heavy atom. The van der Waals surface area contributed by atoms with Crippen LogP contribution in [0.2, 0.25) is 0 Å². The number of para-hydroxylation sites is 1. The van der Waals surface area contributed by atoms with Crippen LogP contribution in [-0.4, -0.2) is 60.4 Å². The number of pyridine rings is 1. The highest BCUT2D eigenvalue weighted by Crippen LogP contribution is 2.29. The largest absolute Gasteiger partial charge is 0.455 e. The van der Waals surface area contributed by atoms with Crippen LogP contribution >= 0.6 is 0 Å². The maximum atomic E-state index is 13.2. The number of aromatic nitrogens is 1. The van der Waals surface area contributed by atoms with Gasteiger partial charge in [-0.2, -0.15) is 0 Å². The number of hydrogen-bond donors (Lipinski definition) is 0. The van der Waals surface area contributed by atoms with E-state index in [9.17, 15) is 18.0 Å². The third-order valence-corrected chi connectivity index (χ3v) is 7.90. The molecule has 1 aromatic carbocycles. The van der Waals surface area contributed by atoms with E-state index in [1.807, 2.05) is 0 Å². The first-order chi connectivity index (χ1) is 15.9. The van der Waals surface area contributed by atoms with E-state index >= 15 is 0 Å². The normalized spacial score (nSPS) is 20.2. The number of carbonyl (C=O) groups is 2.